The van der Waals surface area contributed by atoms with E-state index >= 15 is 0 Å². The summed E-state index contributed by atoms with van der Waals surface area (Å²) in [5, 5.41) is 0. The number of aromatic nitrogens is 2. The molecule has 1 fully saturated rings. The molecule has 0 amide bonds. The van der Waals surface area contributed by atoms with Crippen molar-refractivity contribution in [3.8, 4) is 5.69 Å². The van der Waals surface area contributed by atoms with E-state index in [4.69, 9.17) is 5.73 Å². The Morgan fingerprint density at radius 2 is 1.86 bits per heavy atom. The first-order valence-electron chi connectivity index (χ1n) is 6.99. The SMILES string of the molecule is NC1CCN(c2nccn(-c3ccc(F)cc3)c2=O)CC1. The molecule has 1 saturated heterocycles. The van der Waals surface area contributed by atoms with Crippen molar-refractivity contribution in [2.75, 3.05) is 18.0 Å². The highest BCUT2D eigenvalue weighted by atomic mass is 19.1. The minimum Gasteiger partial charge on any atom is -0.352 e. The van der Waals surface area contributed by atoms with Crippen LogP contribution in [0.15, 0.2) is 41.5 Å². The highest BCUT2D eigenvalue weighted by Crippen LogP contribution is 2.14. The molecule has 0 unspecified atom stereocenters. The summed E-state index contributed by atoms with van der Waals surface area (Å²) in [5.41, 5.74) is 6.31. The van der Waals surface area contributed by atoms with Gasteiger partial charge in [-0.2, -0.15) is 0 Å². The van der Waals surface area contributed by atoms with Gasteiger partial charge in [-0.3, -0.25) is 9.36 Å². The smallest absolute Gasteiger partial charge is 0.298 e. The van der Waals surface area contributed by atoms with Crippen LogP contribution in [0.5, 0.6) is 0 Å². The highest BCUT2D eigenvalue weighted by Gasteiger charge is 2.20. The van der Waals surface area contributed by atoms with Crippen molar-refractivity contribution in [1.29, 1.82) is 0 Å². The van der Waals surface area contributed by atoms with Gasteiger partial charge in [0.05, 0.1) is 0 Å². The van der Waals surface area contributed by atoms with Gasteiger partial charge in [-0.15, -0.1) is 0 Å². The molecule has 1 aromatic heterocycles. The summed E-state index contributed by atoms with van der Waals surface area (Å²) >= 11 is 0. The van der Waals surface area contributed by atoms with Gasteiger partial charge in [-0.1, -0.05) is 0 Å². The molecule has 2 N–H and O–H groups in total. The Hall–Kier alpha value is -2.21. The Kier molecular flexibility index (Phi) is 3.70. The van der Waals surface area contributed by atoms with E-state index in [1.807, 2.05) is 4.90 Å². The Balaban J connectivity index is 1.95. The van der Waals surface area contributed by atoms with Crippen LogP contribution >= 0.6 is 0 Å². The van der Waals surface area contributed by atoms with E-state index in [1.54, 1.807) is 24.5 Å². The standard InChI is InChI=1S/C15H17FN4O/c16-11-1-3-13(4-2-11)20-10-7-18-14(15(20)21)19-8-5-12(17)6-9-19/h1-4,7,10,12H,5-6,8-9,17H2. The van der Waals surface area contributed by atoms with Crippen LogP contribution in [0.1, 0.15) is 12.8 Å². The zero-order valence-electron chi connectivity index (χ0n) is 11.6. The second-order valence-electron chi connectivity index (χ2n) is 5.23. The maximum absolute atomic E-state index is 13.0. The fraction of sp³-hybridized carbons (Fsp3) is 0.333. The van der Waals surface area contributed by atoms with Crippen molar-refractivity contribution >= 4 is 5.82 Å². The zero-order valence-corrected chi connectivity index (χ0v) is 11.6. The van der Waals surface area contributed by atoms with E-state index in [0.29, 0.717) is 11.5 Å². The molecule has 3 rings (SSSR count). The van der Waals surface area contributed by atoms with E-state index in [-0.39, 0.29) is 17.4 Å². The molecular formula is C15H17FN4O. The minimum absolute atomic E-state index is 0.195. The summed E-state index contributed by atoms with van der Waals surface area (Å²) < 4.78 is 14.5. The lowest BCUT2D eigenvalue weighted by Crippen LogP contribution is -2.42. The first kappa shape index (κ1) is 13.8. The highest BCUT2D eigenvalue weighted by molar-refractivity contribution is 5.41. The van der Waals surface area contributed by atoms with Crippen LogP contribution in [0.25, 0.3) is 5.69 Å². The molecule has 21 heavy (non-hydrogen) atoms. The van der Waals surface area contributed by atoms with Crippen LogP contribution < -0.4 is 16.2 Å². The first-order chi connectivity index (χ1) is 10.1. The molecule has 1 aliphatic heterocycles. The van der Waals surface area contributed by atoms with Gasteiger partial charge in [0.2, 0.25) is 0 Å². The summed E-state index contributed by atoms with van der Waals surface area (Å²) in [5.74, 6) is 0.0971. The van der Waals surface area contributed by atoms with Gasteiger partial charge in [0.1, 0.15) is 5.82 Å². The van der Waals surface area contributed by atoms with E-state index in [1.165, 1.54) is 16.7 Å². The number of nitrogens with two attached hydrogens (primary N) is 1. The Morgan fingerprint density at radius 1 is 1.19 bits per heavy atom. The third kappa shape index (κ3) is 2.80. The minimum atomic E-state index is -0.328. The number of hydrogen-bond acceptors (Lipinski definition) is 4. The number of rotatable bonds is 2. The van der Waals surface area contributed by atoms with E-state index < -0.39 is 0 Å². The largest absolute Gasteiger partial charge is 0.352 e. The molecular weight excluding hydrogens is 271 g/mol. The maximum atomic E-state index is 13.0. The molecule has 2 heterocycles. The molecule has 0 bridgehead atoms. The number of nitrogens with zero attached hydrogens (tertiary/aromatic N) is 3. The lowest BCUT2D eigenvalue weighted by molar-refractivity contribution is 0.497. The second kappa shape index (κ2) is 5.65. The number of benzene rings is 1. The van der Waals surface area contributed by atoms with Gasteiger partial charge in [0, 0.05) is 37.2 Å². The van der Waals surface area contributed by atoms with Crippen molar-refractivity contribution in [3.63, 3.8) is 0 Å². The number of halogens is 1. The molecule has 0 saturated carbocycles. The summed E-state index contributed by atoms with van der Waals surface area (Å²) in [4.78, 5) is 18.7. The van der Waals surface area contributed by atoms with Gasteiger partial charge < -0.3 is 10.6 Å². The molecule has 1 aliphatic rings. The topological polar surface area (TPSA) is 64.2 Å². The van der Waals surface area contributed by atoms with Gasteiger partial charge in [-0.05, 0) is 37.1 Å². The molecule has 5 nitrogen and oxygen atoms in total. The quantitative estimate of drug-likeness (QED) is 0.904. The first-order valence-corrected chi connectivity index (χ1v) is 6.99. The van der Waals surface area contributed by atoms with Crippen LogP contribution in [0.2, 0.25) is 0 Å². The van der Waals surface area contributed by atoms with Crippen molar-refractivity contribution in [3.05, 3.63) is 52.8 Å². The predicted octanol–water partition coefficient (Wildman–Crippen LogP) is 1.30. The monoisotopic (exact) mass is 288 g/mol. The van der Waals surface area contributed by atoms with Crippen molar-refractivity contribution in [1.82, 2.24) is 9.55 Å². The normalized spacial score (nSPS) is 16.2. The summed E-state index contributed by atoms with van der Waals surface area (Å²) in [6.07, 6.45) is 4.89. The summed E-state index contributed by atoms with van der Waals surface area (Å²) in [6, 6.07) is 6.02. The lowest BCUT2D eigenvalue weighted by atomic mass is 10.1. The van der Waals surface area contributed by atoms with Crippen LogP contribution in [-0.2, 0) is 0 Å². The number of piperidine rings is 1. The Morgan fingerprint density at radius 3 is 2.52 bits per heavy atom. The van der Waals surface area contributed by atoms with Crippen molar-refractivity contribution in [2.45, 2.75) is 18.9 Å². The van der Waals surface area contributed by atoms with Gasteiger partial charge in [0.15, 0.2) is 5.82 Å². The molecule has 0 aliphatic carbocycles. The van der Waals surface area contributed by atoms with Crippen molar-refractivity contribution in [2.24, 2.45) is 5.73 Å². The fourth-order valence-electron chi connectivity index (χ4n) is 2.53. The Labute approximate surface area is 121 Å². The molecule has 0 radical (unpaired) electrons. The fourth-order valence-corrected chi connectivity index (χ4v) is 2.53. The van der Waals surface area contributed by atoms with E-state index in [9.17, 15) is 9.18 Å². The average molecular weight is 288 g/mol. The lowest BCUT2D eigenvalue weighted by Gasteiger charge is -2.30. The average Bonchev–Trinajstić information content (AvgIpc) is 2.50. The molecule has 110 valence electrons. The number of hydrogen-bond donors (Lipinski definition) is 1. The molecule has 2 aromatic rings. The van der Waals surface area contributed by atoms with Crippen LogP contribution in [0, 0.1) is 5.82 Å². The number of anilines is 1. The Bertz CT molecular complexity index is 675. The summed E-state index contributed by atoms with van der Waals surface area (Å²) in [7, 11) is 0. The molecule has 0 spiro atoms. The zero-order chi connectivity index (χ0) is 14.8. The maximum Gasteiger partial charge on any atom is 0.298 e. The predicted molar refractivity (Wildman–Crippen MR) is 79.2 cm³/mol. The van der Waals surface area contributed by atoms with E-state index in [0.717, 1.165) is 25.9 Å². The molecule has 0 atom stereocenters. The summed E-state index contributed by atoms with van der Waals surface area (Å²) in [6.45, 7) is 1.47. The van der Waals surface area contributed by atoms with Gasteiger partial charge in [0.25, 0.3) is 5.56 Å². The molecule has 6 heteroatoms. The van der Waals surface area contributed by atoms with Gasteiger partial charge >= 0.3 is 0 Å². The second-order valence-corrected chi connectivity index (χ2v) is 5.23. The third-order valence-electron chi connectivity index (χ3n) is 3.77. The van der Waals surface area contributed by atoms with Crippen LogP contribution in [0.3, 0.4) is 0 Å². The van der Waals surface area contributed by atoms with Gasteiger partial charge in [-0.25, -0.2) is 9.37 Å². The van der Waals surface area contributed by atoms with Crippen LogP contribution in [-0.4, -0.2) is 28.7 Å². The van der Waals surface area contributed by atoms with E-state index in [2.05, 4.69) is 4.98 Å². The van der Waals surface area contributed by atoms with Crippen molar-refractivity contribution < 1.29 is 4.39 Å². The molecule has 1 aromatic carbocycles. The van der Waals surface area contributed by atoms with Crippen LogP contribution in [0.4, 0.5) is 10.2 Å². The third-order valence-corrected chi connectivity index (χ3v) is 3.77.